The summed E-state index contributed by atoms with van der Waals surface area (Å²) in [7, 11) is 0. The molecule has 0 atom stereocenters. The number of aryl methyl sites for hydroxylation is 1. The van der Waals surface area contributed by atoms with Gasteiger partial charge < -0.3 is 10.0 Å². The maximum Gasteiger partial charge on any atom is 0.323 e. The largest absolute Gasteiger partial charge is 0.480 e. The summed E-state index contributed by atoms with van der Waals surface area (Å²) in [4.78, 5) is 16.9. The van der Waals surface area contributed by atoms with E-state index in [0.29, 0.717) is 12.4 Å². The van der Waals surface area contributed by atoms with Gasteiger partial charge in [0.15, 0.2) is 0 Å². The van der Waals surface area contributed by atoms with Crippen LogP contribution in [0, 0.1) is 6.92 Å². The third-order valence-corrected chi connectivity index (χ3v) is 2.99. The zero-order chi connectivity index (χ0) is 12.1. The topological polar surface area (TPSA) is 53.4 Å². The maximum absolute atomic E-state index is 10.7. The molecule has 0 aliphatic carbocycles. The van der Waals surface area contributed by atoms with Gasteiger partial charge in [0.2, 0.25) is 0 Å². The van der Waals surface area contributed by atoms with Crippen LogP contribution >= 0.6 is 15.9 Å². The summed E-state index contributed by atoms with van der Waals surface area (Å²) in [5, 5.41) is 8.82. The number of carbonyl (C=O) groups is 1. The molecule has 1 aromatic heterocycles. The van der Waals surface area contributed by atoms with Crippen molar-refractivity contribution in [2.24, 2.45) is 0 Å². The van der Waals surface area contributed by atoms with E-state index in [1.807, 2.05) is 26.0 Å². The molecule has 0 saturated carbocycles. The van der Waals surface area contributed by atoms with Gasteiger partial charge in [-0.1, -0.05) is 6.92 Å². The lowest BCUT2D eigenvalue weighted by atomic mass is 10.3. The Bertz CT molecular complexity index is 382. The van der Waals surface area contributed by atoms with Crippen LogP contribution in [0.3, 0.4) is 0 Å². The Morgan fingerprint density at radius 2 is 2.25 bits per heavy atom. The molecule has 16 heavy (non-hydrogen) atoms. The minimum absolute atomic E-state index is 0.0120. The van der Waals surface area contributed by atoms with Crippen LogP contribution in [0.25, 0.3) is 0 Å². The summed E-state index contributed by atoms with van der Waals surface area (Å²) < 4.78 is 0.933. The first-order valence-corrected chi connectivity index (χ1v) is 5.93. The summed E-state index contributed by atoms with van der Waals surface area (Å²) in [5.41, 5.74) is 0.865. The van der Waals surface area contributed by atoms with Gasteiger partial charge in [-0.3, -0.25) is 4.79 Å². The van der Waals surface area contributed by atoms with Gasteiger partial charge in [-0.05, 0) is 41.4 Å². The van der Waals surface area contributed by atoms with E-state index >= 15 is 0 Å². The van der Waals surface area contributed by atoms with Crippen LogP contribution < -0.4 is 4.90 Å². The highest BCUT2D eigenvalue weighted by Crippen LogP contribution is 2.19. The number of hydrogen-bond donors (Lipinski definition) is 1. The Hall–Kier alpha value is -1.10. The number of nitrogens with zero attached hydrogens (tertiary/aromatic N) is 2. The quantitative estimate of drug-likeness (QED) is 0.903. The van der Waals surface area contributed by atoms with Gasteiger partial charge >= 0.3 is 5.97 Å². The lowest BCUT2D eigenvalue weighted by molar-refractivity contribution is -0.135. The zero-order valence-electron chi connectivity index (χ0n) is 9.40. The highest BCUT2D eigenvalue weighted by molar-refractivity contribution is 9.10. The van der Waals surface area contributed by atoms with Crippen LogP contribution in [0.2, 0.25) is 0 Å². The second kappa shape index (κ2) is 5.84. The Morgan fingerprint density at radius 1 is 1.56 bits per heavy atom. The molecular weight excluding hydrogens is 272 g/mol. The Kier molecular flexibility index (Phi) is 4.73. The van der Waals surface area contributed by atoms with Crippen molar-refractivity contribution in [3.05, 3.63) is 22.3 Å². The Morgan fingerprint density at radius 3 is 2.75 bits per heavy atom. The third kappa shape index (κ3) is 3.48. The molecule has 4 nitrogen and oxygen atoms in total. The molecule has 1 N–H and O–H groups in total. The number of aromatic nitrogens is 1. The first-order valence-electron chi connectivity index (χ1n) is 5.14. The minimum Gasteiger partial charge on any atom is -0.480 e. The van der Waals surface area contributed by atoms with E-state index in [0.717, 1.165) is 16.6 Å². The number of rotatable bonds is 5. The normalized spacial score (nSPS) is 10.2. The van der Waals surface area contributed by atoms with E-state index in [1.165, 1.54) is 0 Å². The summed E-state index contributed by atoms with van der Waals surface area (Å²) in [6.45, 7) is 4.58. The molecule has 0 aliphatic heterocycles. The third-order valence-electron chi connectivity index (χ3n) is 2.15. The van der Waals surface area contributed by atoms with E-state index in [4.69, 9.17) is 5.11 Å². The molecule has 1 rings (SSSR count). The van der Waals surface area contributed by atoms with Gasteiger partial charge in [0.1, 0.15) is 12.4 Å². The van der Waals surface area contributed by atoms with Crippen LogP contribution in [0.4, 0.5) is 5.82 Å². The summed E-state index contributed by atoms with van der Waals surface area (Å²) in [6, 6.07) is 3.72. The molecule has 0 amide bonds. The monoisotopic (exact) mass is 286 g/mol. The van der Waals surface area contributed by atoms with E-state index in [9.17, 15) is 4.79 Å². The zero-order valence-corrected chi connectivity index (χ0v) is 11.0. The van der Waals surface area contributed by atoms with Gasteiger partial charge in [-0.15, -0.1) is 0 Å². The molecule has 1 heterocycles. The van der Waals surface area contributed by atoms with Crippen LogP contribution in [0.5, 0.6) is 0 Å². The molecule has 1 aromatic rings. The number of halogens is 1. The first kappa shape index (κ1) is 13.0. The second-order valence-corrected chi connectivity index (χ2v) is 4.41. The fourth-order valence-corrected chi connectivity index (χ4v) is 1.64. The molecule has 0 bridgehead atoms. The lowest BCUT2D eigenvalue weighted by Gasteiger charge is -2.21. The smallest absolute Gasteiger partial charge is 0.323 e. The van der Waals surface area contributed by atoms with Gasteiger partial charge in [0, 0.05) is 11.0 Å². The summed E-state index contributed by atoms with van der Waals surface area (Å²) >= 11 is 3.37. The fourth-order valence-electron chi connectivity index (χ4n) is 1.41. The van der Waals surface area contributed by atoms with E-state index in [2.05, 4.69) is 20.9 Å². The van der Waals surface area contributed by atoms with Crippen molar-refractivity contribution in [1.29, 1.82) is 0 Å². The van der Waals surface area contributed by atoms with E-state index in [-0.39, 0.29) is 6.54 Å². The molecule has 0 spiro atoms. The summed E-state index contributed by atoms with van der Waals surface area (Å²) in [6.07, 6.45) is 0.893. The number of anilines is 1. The minimum atomic E-state index is -0.837. The van der Waals surface area contributed by atoms with Crippen molar-refractivity contribution in [3.63, 3.8) is 0 Å². The number of pyridine rings is 1. The molecule has 0 aliphatic rings. The van der Waals surface area contributed by atoms with Crippen molar-refractivity contribution in [3.8, 4) is 0 Å². The number of carboxylic acids is 1. The molecule has 0 fully saturated rings. The number of carboxylic acid groups (broad SMARTS) is 1. The highest BCUT2D eigenvalue weighted by Gasteiger charge is 2.11. The molecule has 0 unspecified atom stereocenters. The predicted octanol–water partition coefficient (Wildman–Crippen LogP) is 2.45. The number of hydrogen-bond acceptors (Lipinski definition) is 3. The van der Waals surface area contributed by atoms with Crippen LogP contribution in [-0.2, 0) is 4.79 Å². The van der Waals surface area contributed by atoms with Crippen LogP contribution in [0.1, 0.15) is 19.0 Å². The Labute approximate surface area is 103 Å². The molecular formula is C11H15BrN2O2. The van der Waals surface area contributed by atoms with E-state index < -0.39 is 5.97 Å². The van der Waals surface area contributed by atoms with Crippen molar-refractivity contribution in [2.45, 2.75) is 20.3 Å². The number of aliphatic carboxylic acids is 1. The fraction of sp³-hybridized carbons (Fsp3) is 0.455. The molecule has 0 radical (unpaired) electrons. The van der Waals surface area contributed by atoms with Gasteiger partial charge in [0.25, 0.3) is 0 Å². The first-order chi connectivity index (χ1) is 7.54. The molecule has 0 aromatic carbocycles. The SMILES string of the molecule is CCCN(CC(=O)O)c1ccc(Br)c(C)n1. The average Bonchev–Trinajstić information content (AvgIpc) is 2.21. The van der Waals surface area contributed by atoms with Crippen molar-refractivity contribution in [1.82, 2.24) is 4.98 Å². The Balaban J connectivity index is 2.91. The van der Waals surface area contributed by atoms with Crippen LogP contribution in [0.15, 0.2) is 16.6 Å². The molecule has 0 saturated heterocycles. The molecule has 5 heteroatoms. The van der Waals surface area contributed by atoms with E-state index in [1.54, 1.807) is 4.90 Å². The van der Waals surface area contributed by atoms with Gasteiger partial charge in [0.05, 0.1) is 5.69 Å². The maximum atomic E-state index is 10.7. The standard InChI is InChI=1S/C11H15BrN2O2/c1-3-6-14(7-11(15)16)10-5-4-9(12)8(2)13-10/h4-5H,3,6-7H2,1-2H3,(H,15,16). The highest BCUT2D eigenvalue weighted by atomic mass is 79.9. The van der Waals surface area contributed by atoms with Gasteiger partial charge in [-0.25, -0.2) is 4.98 Å². The van der Waals surface area contributed by atoms with Crippen molar-refractivity contribution in [2.75, 3.05) is 18.0 Å². The van der Waals surface area contributed by atoms with Crippen LogP contribution in [-0.4, -0.2) is 29.1 Å². The average molecular weight is 287 g/mol. The summed E-state index contributed by atoms with van der Waals surface area (Å²) in [5.74, 6) is -0.124. The second-order valence-electron chi connectivity index (χ2n) is 3.55. The lowest BCUT2D eigenvalue weighted by Crippen LogP contribution is -2.31. The predicted molar refractivity (Wildman–Crippen MR) is 66.8 cm³/mol. The van der Waals surface area contributed by atoms with Crippen molar-refractivity contribution < 1.29 is 9.90 Å². The molecule has 88 valence electrons. The van der Waals surface area contributed by atoms with Crippen molar-refractivity contribution >= 4 is 27.7 Å². The van der Waals surface area contributed by atoms with Gasteiger partial charge in [-0.2, -0.15) is 0 Å².